The van der Waals surface area contributed by atoms with E-state index in [1.165, 1.54) is 0 Å². The highest BCUT2D eigenvalue weighted by Gasteiger charge is 2.27. The van der Waals surface area contributed by atoms with Crippen LogP contribution in [0.5, 0.6) is 0 Å². The van der Waals surface area contributed by atoms with Crippen molar-refractivity contribution in [2.45, 2.75) is 10.8 Å². The second-order valence-electron chi connectivity index (χ2n) is 4.66. The van der Waals surface area contributed by atoms with Gasteiger partial charge in [-0.05, 0) is 35.9 Å². The zero-order valence-corrected chi connectivity index (χ0v) is 13.8. The summed E-state index contributed by atoms with van der Waals surface area (Å²) in [6.45, 7) is 0. The monoisotopic (exact) mass is 357 g/mol. The minimum Gasteiger partial charge on any atom is -0.325 e. The lowest BCUT2D eigenvalue weighted by atomic mass is 10.00. The van der Waals surface area contributed by atoms with Crippen molar-refractivity contribution in [3.05, 3.63) is 57.0 Å². The molecule has 2 aromatic rings. The largest absolute Gasteiger partial charge is 0.325 e. The molecular formula is C15H10Cl3NOS. The molecule has 2 aromatic carbocycles. The van der Waals surface area contributed by atoms with Gasteiger partial charge in [0.1, 0.15) is 0 Å². The topological polar surface area (TPSA) is 29.1 Å². The highest BCUT2D eigenvalue weighted by molar-refractivity contribution is 7.99. The van der Waals surface area contributed by atoms with Gasteiger partial charge >= 0.3 is 0 Å². The number of hydrogen-bond acceptors (Lipinski definition) is 2. The number of rotatable bonds is 1. The molecule has 0 spiro atoms. The van der Waals surface area contributed by atoms with E-state index >= 15 is 0 Å². The molecule has 3 rings (SSSR count). The highest BCUT2D eigenvalue weighted by Crippen LogP contribution is 2.39. The maximum Gasteiger partial charge on any atom is 0.232 e. The number of amides is 1. The third kappa shape index (κ3) is 3.16. The Morgan fingerprint density at radius 1 is 1.05 bits per heavy atom. The first-order valence-corrected chi connectivity index (χ1v) is 8.35. The van der Waals surface area contributed by atoms with Crippen molar-refractivity contribution in [1.29, 1.82) is 0 Å². The van der Waals surface area contributed by atoms with E-state index in [1.807, 2.05) is 12.1 Å². The van der Waals surface area contributed by atoms with Crippen LogP contribution in [0.1, 0.15) is 11.5 Å². The summed E-state index contributed by atoms with van der Waals surface area (Å²) in [5, 5.41) is 4.64. The second-order valence-corrected chi connectivity index (χ2v) is 7.00. The van der Waals surface area contributed by atoms with E-state index in [2.05, 4.69) is 5.32 Å². The van der Waals surface area contributed by atoms with Crippen molar-refractivity contribution in [2.24, 2.45) is 0 Å². The predicted octanol–water partition coefficient (Wildman–Crippen LogP) is 5.47. The lowest BCUT2D eigenvalue weighted by molar-refractivity contribution is -0.117. The summed E-state index contributed by atoms with van der Waals surface area (Å²) in [5.74, 6) is 0.194. The van der Waals surface area contributed by atoms with Crippen molar-refractivity contribution in [2.75, 3.05) is 11.1 Å². The van der Waals surface area contributed by atoms with Gasteiger partial charge in [-0.1, -0.05) is 40.9 Å². The molecule has 0 saturated carbocycles. The van der Waals surface area contributed by atoms with E-state index in [4.69, 9.17) is 34.8 Å². The Morgan fingerprint density at radius 2 is 1.76 bits per heavy atom. The Labute approximate surface area is 141 Å². The Kier molecular flexibility index (Phi) is 4.36. The van der Waals surface area contributed by atoms with Crippen LogP contribution in [0.25, 0.3) is 0 Å². The van der Waals surface area contributed by atoms with E-state index in [1.54, 1.807) is 36.0 Å². The maximum absolute atomic E-state index is 12.5. The molecule has 0 aliphatic carbocycles. The molecule has 21 heavy (non-hydrogen) atoms. The fraction of sp³-hybridized carbons (Fsp3) is 0.133. The first-order valence-electron chi connectivity index (χ1n) is 6.23. The number of fused-ring (bicyclic) bond motifs is 1. The number of nitrogens with one attached hydrogen (secondary N) is 1. The molecule has 0 bridgehead atoms. The van der Waals surface area contributed by atoms with Gasteiger partial charge in [0.05, 0.1) is 11.6 Å². The van der Waals surface area contributed by atoms with Crippen LogP contribution >= 0.6 is 46.6 Å². The van der Waals surface area contributed by atoms with Gasteiger partial charge in [0.15, 0.2) is 0 Å². The number of halogens is 3. The zero-order valence-electron chi connectivity index (χ0n) is 10.7. The summed E-state index contributed by atoms with van der Waals surface area (Å²) in [5.41, 5.74) is 1.56. The average molecular weight is 359 g/mol. The number of carbonyl (C=O) groups excluding carboxylic acids is 1. The number of anilines is 1. The van der Waals surface area contributed by atoms with E-state index in [9.17, 15) is 4.79 Å². The molecule has 0 fully saturated rings. The molecule has 1 heterocycles. The smallest absolute Gasteiger partial charge is 0.232 e. The lowest BCUT2D eigenvalue weighted by Gasteiger charge is -2.14. The molecule has 108 valence electrons. The van der Waals surface area contributed by atoms with Gasteiger partial charge in [-0.3, -0.25) is 4.79 Å². The van der Waals surface area contributed by atoms with Crippen LogP contribution in [0.4, 0.5) is 5.69 Å². The van der Waals surface area contributed by atoms with Crippen LogP contribution in [0.15, 0.2) is 41.3 Å². The number of hydrogen-bond donors (Lipinski definition) is 1. The van der Waals surface area contributed by atoms with Crippen LogP contribution in [0.2, 0.25) is 15.1 Å². The standard InChI is InChI=1S/C15H10Cl3NOS/c16-8-1-3-10(12(18)5-8)11-7-21-14-6-9(17)2-4-13(14)19-15(11)20/h1-6,11H,7H2,(H,19,20). The van der Waals surface area contributed by atoms with Crippen LogP contribution in [0.3, 0.4) is 0 Å². The van der Waals surface area contributed by atoms with Gasteiger partial charge in [0.25, 0.3) is 0 Å². The van der Waals surface area contributed by atoms with Gasteiger partial charge in [0.2, 0.25) is 5.91 Å². The third-order valence-corrected chi connectivity index (χ3v) is 5.21. The first kappa shape index (κ1) is 15.0. The Morgan fingerprint density at radius 3 is 2.52 bits per heavy atom. The van der Waals surface area contributed by atoms with Gasteiger partial charge in [-0.2, -0.15) is 0 Å². The van der Waals surface area contributed by atoms with Crippen molar-refractivity contribution in [3.63, 3.8) is 0 Å². The van der Waals surface area contributed by atoms with Crippen molar-refractivity contribution in [3.8, 4) is 0 Å². The zero-order chi connectivity index (χ0) is 15.0. The normalized spacial score (nSPS) is 17.9. The quantitative estimate of drug-likeness (QED) is 0.732. The van der Waals surface area contributed by atoms with E-state index in [0.717, 1.165) is 16.1 Å². The maximum atomic E-state index is 12.5. The van der Waals surface area contributed by atoms with Crippen LogP contribution in [-0.2, 0) is 4.79 Å². The predicted molar refractivity (Wildman–Crippen MR) is 90.0 cm³/mol. The SMILES string of the molecule is O=C1Nc2ccc(Cl)cc2SCC1c1ccc(Cl)cc1Cl. The second kappa shape index (κ2) is 6.09. The summed E-state index contributed by atoms with van der Waals surface area (Å²) in [7, 11) is 0. The molecular weight excluding hydrogens is 349 g/mol. The molecule has 1 aliphatic heterocycles. The lowest BCUT2D eigenvalue weighted by Crippen LogP contribution is -2.21. The van der Waals surface area contributed by atoms with E-state index < -0.39 is 0 Å². The van der Waals surface area contributed by atoms with Crippen molar-refractivity contribution < 1.29 is 4.79 Å². The third-order valence-electron chi connectivity index (χ3n) is 3.26. The fourth-order valence-corrected chi connectivity index (χ4v) is 4.14. The average Bonchev–Trinajstić information content (AvgIpc) is 2.58. The van der Waals surface area contributed by atoms with E-state index in [-0.39, 0.29) is 11.8 Å². The van der Waals surface area contributed by atoms with Crippen LogP contribution in [-0.4, -0.2) is 11.7 Å². The number of carbonyl (C=O) groups is 1. The molecule has 0 saturated heterocycles. The van der Waals surface area contributed by atoms with Crippen LogP contribution in [0, 0.1) is 0 Å². The Balaban J connectivity index is 1.95. The molecule has 1 amide bonds. The molecule has 1 aliphatic rings. The number of benzene rings is 2. The fourth-order valence-electron chi connectivity index (χ4n) is 2.20. The summed E-state index contributed by atoms with van der Waals surface area (Å²) in [4.78, 5) is 13.4. The van der Waals surface area contributed by atoms with Gasteiger partial charge in [-0.25, -0.2) is 0 Å². The Bertz CT molecular complexity index is 720. The molecule has 0 radical (unpaired) electrons. The minimum atomic E-state index is -0.328. The summed E-state index contributed by atoms with van der Waals surface area (Å²) in [6, 6.07) is 10.6. The van der Waals surface area contributed by atoms with Crippen molar-refractivity contribution >= 4 is 58.2 Å². The molecule has 2 nitrogen and oxygen atoms in total. The molecule has 1 unspecified atom stereocenters. The van der Waals surface area contributed by atoms with Gasteiger partial charge < -0.3 is 5.32 Å². The Hall–Kier alpha value is -0.870. The molecule has 0 aromatic heterocycles. The highest BCUT2D eigenvalue weighted by atomic mass is 35.5. The summed E-state index contributed by atoms with van der Waals surface area (Å²) in [6.07, 6.45) is 0. The molecule has 1 N–H and O–H groups in total. The van der Waals surface area contributed by atoms with Crippen LogP contribution < -0.4 is 5.32 Å². The van der Waals surface area contributed by atoms with Gasteiger partial charge in [0, 0.05) is 25.7 Å². The minimum absolute atomic E-state index is 0.0761. The van der Waals surface area contributed by atoms with Gasteiger partial charge in [-0.15, -0.1) is 11.8 Å². The first-order chi connectivity index (χ1) is 10.0. The van der Waals surface area contributed by atoms with E-state index in [0.29, 0.717) is 20.8 Å². The number of thioether (sulfide) groups is 1. The summed E-state index contributed by atoms with van der Waals surface area (Å²) < 4.78 is 0. The summed E-state index contributed by atoms with van der Waals surface area (Å²) >= 11 is 19.7. The van der Waals surface area contributed by atoms with Crippen molar-refractivity contribution in [1.82, 2.24) is 0 Å². The molecule has 1 atom stereocenters. The molecule has 6 heteroatoms.